The number of esters is 1. The first kappa shape index (κ1) is 17.7. The second kappa shape index (κ2) is 6.64. The molecule has 1 saturated carbocycles. The quantitative estimate of drug-likeness (QED) is 0.604. The first-order chi connectivity index (χ1) is 9.58. The van der Waals surface area contributed by atoms with Crippen molar-refractivity contribution in [1.29, 1.82) is 0 Å². The van der Waals surface area contributed by atoms with Gasteiger partial charge in [-0.1, -0.05) is 32.6 Å². The summed E-state index contributed by atoms with van der Waals surface area (Å²) >= 11 is 0. The zero-order valence-electron chi connectivity index (χ0n) is 13.6. The maximum atomic E-state index is 11.0. The van der Waals surface area contributed by atoms with Gasteiger partial charge in [-0.15, -0.1) is 0 Å². The summed E-state index contributed by atoms with van der Waals surface area (Å²) in [6.45, 7) is 9.13. The zero-order chi connectivity index (χ0) is 16.3. The first-order valence-corrected chi connectivity index (χ1v) is 7.32. The molecule has 2 N–H and O–H groups in total. The maximum absolute atomic E-state index is 11.0. The van der Waals surface area contributed by atoms with Crippen LogP contribution in [0.1, 0.15) is 47.5 Å². The fraction of sp³-hybridized carbons (Fsp3) is 0.706. The summed E-state index contributed by atoms with van der Waals surface area (Å²) in [6, 6.07) is 0. The molecule has 1 aliphatic carbocycles. The highest BCUT2D eigenvalue weighted by Gasteiger charge is 2.51. The summed E-state index contributed by atoms with van der Waals surface area (Å²) in [5.74, 6) is 5.50. The molecule has 0 radical (unpaired) electrons. The Morgan fingerprint density at radius 2 is 2.05 bits per heavy atom. The van der Waals surface area contributed by atoms with Crippen molar-refractivity contribution < 1.29 is 19.7 Å². The summed E-state index contributed by atoms with van der Waals surface area (Å²) in [6.07, 6.45) is 2.40. The molecule has 4 heteroatoms. The standard InChI is InChI=1S/C17H26O4/c1-12(7-9-21-14(3)18)6-8-17(20)13(2)10-15(19)11-16(17,4)5/h7,13,15,19-20H,9-11H2,1-5H3. The predicted octanol–water partition coefficient (Wildman–Crippen LogP) is 2.05. The molecular formula is C17H26O4. The summed E-state index contributed by atoms with van der Waals surface area (Å²) in [4.78, 5) is 10.7. The molecule has 118 valence electrons. The third-order valence-corrected chi connectivity index (χ3v) is 4.24. The normalized spacial score (nSPS) is 32.0. The highest BCUT2D eigenvalue weighted by Crippen LogP contribution is 2.46. The van der Waals surface area contributed by atoms with Gasteiger partial charge in [0.15, 0.2) is 0 Å². The fourth-order valence-electron chi connectivity index (χ4n) is 2.90. The molecule has 0 aliphatic heterocycles. The van der Waals surface area contributed by atoms with Crippen LogP contribution in [0.2, 0.25) is 0 Å². The lowest BCUT2D eigenvalue weighted by Crippen LogP contribution is -2.54. The molecule has 0 aromatic heterocycles. The number of hydrogen-bond acceptors (Lipinski definition) is 4. The van der Waals surface area contributed by atoms with E-state index in [0.717, 1.165) is 5.57 Å². The van der Waals surface area contributed by atoms with E-state index in [9.17, 15) is 15.0 Å². The number of allylic oxidation sites excluding steroid dienone is 1. The minimum atomic E-state index is -1.14. The van der Waals surface area contributed by atoms with Gasteiger partial charge in [-0.3, -0.25) is 4.79 Å². The van der Waals surface area contributed by atoms with Gasteiger partial charge in [0, 0.05) is 12.3 Å². The summed E-state index contributed by atoms with van der Waals surface area (Å²) < 4.78 is 4.83. The average molecular weight is 294 g/mol. The Morgan fingerprint density at radius 3 is 2.57 bits per heavy atom. The molecule has 3 unspecified atom stereocenters. The van der Waals surface area contributed by atoms with Crippen LogP contribution in [0.3, 0.4) is 0 Å². The molecule has 4 nitrogen and oxygen atoms in total. The van der Waals surface area contributed by atoms with Crippen molar-refractivity contribution in [2.75, 3.05) is 6.61 Å². The largest absolute Gasteiger partial charge is 0.462 e. The molecule has 1 rings (SSSR count). The number of aliphatic hydroxyl groups is 2. The Morgan fingerprint density at radius 1 is 1.43 bits per heavy atom. The SMILES string of the molecule is CC(=O)OCC=C(C)C#CC1(O)C(C)CC(O)CC1(C)C. The molecule has 0 aromatic rings. The fourth-order valence-corrected chi connectivity index (χ4v) is 2.90. The van der Waals surface area contributed by atoms with E-state index in [4.69, 9.17) is 4.74 Å². The third kappa shape index (κ3) is 4.33. The van der Waals surface area contributed by atoms with Gasteiger partial charge in [-0.25, -0.2) is 0 Å². The van der Waals surface area contributed by atoms with Crippen LogP contribution in [-0.2, 0) is 9.53 Å². The highest BCUT2D eigenvalue weighted by molar-refractivity contribution is 5.66. The van der Waals surface area contributed by atoms with Crippen LogP contribution >= 0.6 is 0 Å². The van der Waals surface area contributed by atoms with Crippen molar-refractivity contribution in [3.05, 3.63) is 11.6 Å². The van der Waals surface area contributed by atoms with Crippen molar-refractivity contribution in [1.82, 2.24) is 0 Å². The van der Waals surface area contributed by atoms with Gasteiger partial charge in [0.25, 0.3) is 0 Å². The van der Waals surface area contributed by atoms with Gasteiger partial charge in [0.05, 0.1) is 6.10 Å². The van der Waals surface area contributed by atoms with E-state index in [1.165, 1.54) is 6.92 Å². The molecule has 1 fully saturated rings. The average Bonchev–Trinajstić information content (AvgIpc) is 2.32. The molecule has 0 spiro atoms. The lowest BCUT2D eigenvalue weighted by atomic mass is 9.60. The van der Waals surface area contributed by atoms with E-state index in [2.05, 4.69) is 11.8 Å². The summed E-state index contributed by atoms with van der Waals surface area (Å²) in [5, 5.41) is 20.8. The van der Waals surface area contributed by atoms with E-state index >= 15 is 0 Å². The molecule has 21 heavy (non-hydrogen) atoms. The van der Waals surface area contributed by atoms with Crippen LogP contribution < -0.4 is 0 Å². The van der Waals surface area contributed by atoms with Gasteiger partial charge in [0.1, 0.15) is 12.2 Å². The Kier molecular flexibility index (Phi) is 5.61. The van der Waals surface area contributed by atoms with Crippen molar-refractivity contribution >= 4 is 5.97 Å². The van der Waals surface area contributed by atoms with Crippen LogP contribution in [0.4, 0.5) is 0 Å². The van der Waals surface area contributed by atoms with Crippen molar-refractivity contribution in [2.24, 2.45) is 11.3 Å². The van der Waals surface area contributed by atoms with Gasteiger partial charge in [-0.05, 0) is 37.3 Å². The van der Waals surface area contributed by atoms with Gasteiger partial charge in [-0.2, -0.15) is 0 Å². The Labute approximate surface area is 127 Å². The molecule has 0 heterocycles. The Balaban J connectivity index is 2.89. The predicted molar refractivity (Wildman–Crippen MR) is 81.3 cm³/mol. The monoisotopic (exact) mass is 294 g/mol. The highest BCUT2D eigenvalue weighted by atomic mass is 16.5. The van der Waals surface area contributed by atoms with Crippen molar-refractivity contribution in [3.63, 3.8) is 0 Å². The maximum Gasteiger partial charge on any atom is 0.302 e. The number of ether oxygens (including phenoxy) is 1. The first-order valence-electron chi connectivity index (χ1n) is 7.32. The smallest absolute Gasteiger partial charge is 0.302 e. The number of aliphatic hydroxyl groups excluding tert-OH is 1. The number of rotatable bonds is 2. The minimum Gasteiger partial charge on any atom is -0.462 e. The zero-order valence-corrected chi connectivity index (χ0v) is 13.6. The van der Waals surface area contributed by atoms with E-state index in [0.29, 0.717) is 12.8 Å². The van der Waals surface area contributed by atoms with Gasteiger partial charge in [0.2, 0.25) is 0 Å². The van der Waals surface area contributed by atoms with E-state index in [1.807, 2.05) is 27.7 Å². The van der Waals surface area contributed by atoms with Crippen LogP contribution in [0.25, 0.3) is 0 Å². The Hall–Kier alpha value is -1.31. The summed E-state index contributed by atoms with van der Waals surface area (Å²) in [7, 11) is 0. The number of carbonyl (C=O) groups excluding carboxylic acids is 1. The lowest BCUT2D eigenvalue weighted by Gasteiger charge is -2.48. The number of hydrogen-bond donors (Lipinski definition) is 2. The molecule has 0 amide bonds. The molecule has 0 aromatic carbocycles. The topological polar surface area (TPSA) is 66.8 Å². The van der Waals surface area contributed by atoms with Crippen LogP contribution in [-0.4, -0.2) is 34.5 Å². The van der Waals surface area contributed by atoms with Crippen LogP contribution in [0, 0.1) is 23.2 Å². The number of carbonyl (C=O) groups is 1. The van der Waals surface area contributed by atoms with E-state index < -0.39 is 17.1 Å². The lowest BCUT2D eigenvalue weighted by molar-refractivity contribution is -0.139. The van der Waals surface area contributed by atoms with Crippen molar-refractivity contribution in [3.8, 4) is 11.8 Å². The Bertz CT molecular complexity index is 481. The molecule has 0 saturated heterocycles. The minimum absolute atomic E-state index is 0.106. The van der Waals surface area contributed by atoms with Crippen LogP contribution in [0.15, 0.2) is 11.6 Å². The van der Waals surface area contributed by atoms with Gasteiger partial charge < -0.3 is 14.9 Å². The third-order valence-electron chi connectivity index (χ3n) is 4.24. The second-order valence-electron chi connectivity index (χ2n) is 6.58. The van der Waals surface area contributed by atoms with E-state index in [-0.39, 0.29) is 18.5 Å². The van der Waals surface area contributed by atoms with Crippen LogP contribution in [0.5, 0.6) is 0 Å². The molecule has 1 aliphatic rings. The van der Waals surface area contributed by atoms with Gasteiger partial charge >= 0.3 is 5.97 Å². The van der Waals surface area contributed by atoms with E-state index in [1.54, 1.807) is 6.08 Å². The second-order valence-corrected chi connectivity index (χ2v) is 6.58. The van der Waals surface area contributed by atoms with Crippen molar-refractivity contribution in [2.45, 2.75) is 59.2 Å². The molecular weight excluding hydrogens is 268 g/mol. The molecule has 0 bridgehead atoms. The summed E-state index contributed by atoms with van der Waals surface area (Å²) in [5.41, 5.74) is -0.866. The molecule has 3 atom stereocenters.